The van der Waals surface area contributed by atoms with Crippen LogP contribution in [-0.2, 0) is 11.3 Å². The molecule has 0 fully saturated rings. The Kier molecular flexibility index (Phi) is 5.67. The van der Waals surface area contributed by atoms with Crippen LogP contribution in [0.3, 0.4) is 0 Å². The van der Waals surface area contributed by atoms with Crippen LogP contribution in [0, 0.1) is 10.1 Å². The summed E-state index contributed by atoms with van der Waals surface area (Å²) < 4.78 is 4.97. The number of rotatable bonds is 7. The van der Waals surface area contributed by atoms with Crippen molar-refractivity contribution < 1.29 is 19.4 Å². The third-order valence-corrected chi connectivity index (χ3v) is 3.96. The molecule has 2 aromatic rings. The number of thiophene rings is 1. The van der Waals surface area contributed by atoms with Crippen molar-refractivity contribution in [1.82, 2.24) is 0 Å². The highest BCUT2D eigenvalue weighted by atomic mass is 32.1. The van der Waals surface area contributed by atoms with Gasteiger partial charge in [-0.25, -0.2) is 0 Å². The van der Waals surface area contributed by atoms with E-state index >= 15 is 0 Å². The van der Waals surface area contributed by atoms with Crippen molar-refractivity contribution in [2.45, 2.75) is 6.54 Å². The number of anilines is 1. The van der Waals surface area contributed by atoms with Gasteiger partial charge < -0.3 is 15.0 Å². The topological polar surface area (TPSA) is 85.9 Å². The molecule has 0 spiro atoms. The lowest BCUT2D eigenvalue weighted by Gasteiger charge is -2.13. The molecule has 23 heavy (non-hydrogen) atoms. The van der Waals surface area contributed by atoms with E-state index in [1.54, 1.807) is 17.4 Å². The van der Waals surface area contributed by atoms with Gasteiger partial charge in [0.2, 0.25) is 0 Å². The normalized spacial score (nSPS) is 11.7. The van der Waals surface area contributed by atoms with Gasteiger partial charge in [0.05, 0.1) is 25.1 Å². The van der Waals surface area contributed by atoms with E-state index in [4.69, 9.17) is 4.74 Å². The smallest absolute Gasteiger partial charge is 0.296 e. The summed E-state index contributed by atoms with van der Waals surface area (Å²) >= 11 is 1.61. The molecule has 0 aliphatic carbocycles. The number of carbonyl (C=O) groups excluding carboxylic acids is 1. The monoisotopic (exact) mass is 336 g/mol. The number of amides is 1. The molecule has 1 aromatic heterocycles. The van der Waals surface area contributed by atoms with Gasteiger partial charge in [-0.2, -0.15) is 11.3 Å². The van der Waals surface area contributed by atoms with Crippen molar-refractivity contribution in [3.8, 4) is 5.75 Å². The first-order chi connectivity index (χ1) is 11.0. The zero-order valence-corrected chi connectivity index (χ0v) is 13.7. The summed E-state index contributed by atoms with van der Waals surface area (Å²) in [6.45, 7) is 0.945. The number of quaternary nitrogens is 1. The summed E-state index contributed by atoms with van der Waals surface area (Å²) in [4.78, 5) is 23.7. The van der Waals surface area contributed by atoms with Crippen LogP contribution in [0.4, 0.5) is 11.4 Å². The molecule has 0 radical (unpaired) electrons. The van der Waals surface area contributed by atoms with Crippen LogP contribution in [0.1, 0.15) is 5.56 Å². The summed E-state index contributed by atoms with van der Waals surface area (Å²) in [5, 5.41) is 17.7. The van der Waals surface area contributed by atoms with Gasteiger partial charge in [-0.3, -0.25) is 14.9 Å². The summed E-state index contributed by atoms with van der Waals surface area (Å²) in [6, 6.07) is 6.35. The highest BCUT2D eigenvalue weighted by Gasteiger charge is 2.19. The first kappa shape index (κ1) is 16.9. The van der Waals surface area contributed by atoms with Gasteiger partial charge in [0.25, 0.3) is 11.6 Å². The first-order valence-electron chi connectivity index (χ1n) is 6.94. The largest absolute Gasteiger partial charge is 0.496 e. The lowest BCUT2D eigenvalue weighted by Crippen LogP contribution is -3.08. The second-order valence-corrected chi connectivity index (χ2v) is 5.91. The number of benzene rings is 1. The molecule has 1 atom stereocenters. The minimum Gasteiger partial charge on any atom is -0.496 e. The second-order valence-electron chi connectivity index (χ2n) is 5.13. The summed E-state index contributed by atoms with van der Waals surface area (Å²) in [7, 11) is 3.33. The molecule has 1 unspecified atom stereocenters. The Morgan fingerprint density at radius 2 is 2.22 bits per heavy atom. The Labute approximate surface area is 137 Å². The molecule has 0 aliphatic rings. The zero-order chi connectivity index (χ0) is 16.8. The number of nitrogens with one attached hydrogen (secondary N) is 2. The number of nitro groups is 1. The number of nitro benzene ring substituents is 1. The average molecular weight is 336 g/mol. The van der Waals surface area contributed by atoms with Crippen LogP contribution in [0.5, 0.6) is 5.75 Å². The average Bonchev–Trinajstić information content (AvgIpc) is 2.99. The molecule has 2 rings (SSSR count). The van der Waals surface area contributed by atoms with E-state index in [9.17, 15) is 14.9 Å². The highest BCUT2D eigenvalue weighted by Crippen LogP contribution is 2.28. The maximum atomic E-state index is 12.1. The van der Waals surface area contributed by atoms with Crippen molar-refractivity contribution in [2.24, 2.45) is 0 Å². The van der Waals surface area contributed by atoms with Gasteiger partial charge in [-0.15, -0.1) is 0 Å². The minimum atomic E-state index is -0.542. The van der Waals surface area contributed by atoms with Crippen LogP contribution < -0.4 is 15.0 Å². The van der Waals surface area contributed by atoms with E-state index in [1.807, 2.05) is 23.9 Å². The van der Waals surface area contributed by atoms with Crippen LogP contribution >= 0.6 is 11.3 Å². The SMILES string of the molecule is COc1ccc(NC(=O)C[NH+](C)Cc2ccsc2)c([N+](=O)[O-])c1. The standard InChI is InChI=1S/C15H17N3O4S/c1-17(8-11-5-6-23-10-11)9-15(19)16-13-4-3-12(22-2)7-14(13)18(20)21/h3-7,10H,8-9H2,1-2H3,(H,16,19)/p+1. The van der Waals surface area contributed by atoms with E-state index < -0.39 is 4.92 Å². The number of nitrogens with zero attached hydrogens (tertiary/aromatic N) is 1. The van der Waals surface area contributed by atoms with Gasteiger partial charge >= 0.3 is 0 Å². The third kappa shape index (κ3) is 4.76. The predicted octanol–water partition coefficient (Wildman–Crippen LogP) is 1.32. The molecule has 2 N–H and O–H groups in total. The number of ether oxygens (including phenoxy) is 1. The molecule has 0 saturated heterocycles. The van der Waals surface area contributed by atoms with Crippen LogP contribution in [0.15, 0.2) is 35.0 Å². The molecular weight excluding hydrogens is 318 g/mol. The third-order valence-electron chi connectivity index (χ3n) is 3.22. The molecular formula is C15H18N3O4S+. The maximum Gasteiger partial charge on any atom is 0.296 e. The van der Waals surface area contributed by atoms with E-state index in [1.165, 1.54) is 19.2 Å². The van der Waals surface area contributed by atoms with Crippen molar-refractivity contribution in [3.63, 3.8) is 0 Å². The molecule has 0 bridgehead atoms. The van der Waals surface area contributed by atoms with Gasteiger partial charge in [-0.1, -0.05) is 0 Å². The summed E-state index contributed by atoms with van der Waals surface area (Å²) in [5.74, 6) is 0.0981. The van der Waals surface area contributed by atoms with Crippen molar-refractivity contribution in [3.05, 3.63) is 50.7 Å². The predicted molar refractivity (Wildman–Crippen MR) is 88.1 cm³/mol. The fourth-order valence-electron chi connectivity index (χ4n) is 2.17. The van der Waals surface area contributed by atoms with Gasteiger partial charge in [0.1, 0.15) is 18.0 Å². The number of likely N-dealkylation sites (N-methyl/N-ethyl adjacent to an activating group) is 1. The Bertz CT molecular complexity index is 688. The van der Waals surface area contributed by atoms with Gasteiger partial charge in [0.15, 0.2) is 6.54 Å². The van der Waals surface area contributed by atoms with Crippen LogP contribution in [0.2, 0.25) is 0 Å². The Morgan fingerprint density at radius 3 is 2.83 bits per heavy atom. The fraction of sp³-hybridized carbons (Fsp3) is 0.267. The number of hydrogen-bond acceptors (Lipinski definition) is 5. The molecule has 1 aromatic carbocycles. The van der Waals surface area contributed by atoms with E-state index in [0.29, 0.717) is 5.75 Å². The molecule has 1 heterocycles. The zero-order valence-electron chi connectivity index (χ0n) is 12.9. The number of carbonyl (C=O) groups is 1. The van der Waals surface area contributed by atoms with Crippen LogP contribution in [0.25, 0.3) is 0 Å². The Hall–Kier alpha value is -2.45. The lowest BCUT2D eigenvalue weighted by atomic mass is 10.2. The van der Waals surface area contributed by atoms with Crippen LogP contribution in [-0.4, -0.2) is 31.5 Å². The van der Waals surface area contributed by atoms with E-state index in [-0.39, 0.29) is 23.8 Å². The molecule has 1 amide bonds. The minimum absolute atomic E-state index is 0.170. The highest BCUT2D eigenvalue weighted by molar-refractivity contribution is 7.07. The van der Waals surface area contributed by atoms with Crippen molar-refractivity contribution in [2.75, 3.05) is 26.0 Å². The molecule has 0 saturated carbocycles. The summed E-state index contributed by atoms with van der Waals surface area (Å²) in [6.07, 6.45) is 0. The number of methoxy groups -OCH3 is 1. The molecule has 122 valence electrons. The number of hydrogen-bond donors (Lipinski definition) is 2. The quantitative estimate of drug-likeness (QED) is 0.590. The lowest BCUT2D eigenvalue weighted by molar-refractivity contribution is -0.885. The van der Waals surface area contributed by atoms with E-state index in [2.05, 4.69) is 5.32 Å². The van der Waals surface area contributed by atoms with E-state index in [0.717, 1.165) is 17.0 Å². The molecule has 8 heteroatoms. The summed E-state index contributed by atoms with van der Waals surface area (Å²) in [5.41, 5.74) is 1.15. The Morgan fingerprint density at radius 1 is 1.43 bits per heavy atom. The molecule has 7 nitrogen and oxygen atoms in total. The fourth-order valence-corrected chi connectivity index (χ4v) is 2.84. The van der Waals surface area contributed by atoms with Crippen molar-refractivity contribution >= 4 is 28.6 Å². The van der Waals surface area contributed by atoms with Crippen molar-refractivity contribution in [1.29, 1.82) is 0 Å². The molecule has 0 aliphatic heterocycles. The second kappa shape index (κ2) is 7.70. The first-order valence-corrected chi connectivity index (χ1v) is 7.88. The Balaban J connectivity index is 2.00. The van der Waals surface area contributed by atoms with Gasteiger partial charge in [0, 0.05) is 5.56 Å². The maximum absolute atomic E-state index is 12.1. The van der Waals surface area contributed by atoms with Gasteiger partial charge in [-0.05, 0) is 29.0 Å².